The second-order valence-electron chi connectivity index (χ2n) is 12.0. The number of carbonyl (C=O) groups excluding carboxylic acids is 4. The van der Waals surface area contributed by atoms with E-state index in [-0.39, 0.29) is 54.1 Å². The molecule has 2 aliphatic carbocycles. The molecule has 4 rings (SSSR count). The maximum Gasteiger partial charge on any atom is 0.410 e. The molecule has 0 spiro atoms. The number of piperazine rings is 2. The predicted octanol–water partition coefficient (Wildman–Crippen LogP) is 3.34. The van der Waals surface area contributed by atoms with Crippen molar-refractivity contribution in [3.8, 4) is 0 Å². The van der Waals surface area contributed by atoms with Crippen molar-refractivity contribution < 1.29 is 28.7 Å². The molecule has 0 radical (unpaired) electrons. The zero-order valence-electron chi connectivity index (χ0n) is 23.8. The zero-order valence-corrected chi connectivity index (χ0v) is 23.8. The van der Waals surface area contributed by atoms with E-state index in [9.17, 15) is 19.2 Å². The Balaban J connectivity index is 1.34. The Hall–Kier alpha value is -2.52. The van der Waals surface area contributed by atoms with E-state index in [1.165, 1.54) is 7.11 Å². The van der Waals surface area contributed by atoms with Crippen molar-refractivity contribution in [1.82, 2.24) is 19.6 Å². The summed E-state index contributed by atoms with van der Waals surface area (Å²) in [6.45, 7) is 10.1. The molecule has 4 aliphatic rings. The van der Waals surface area contributed by atoms with Crippen molar-refractivity contribution >= 4 is 24.0 Å². The number of ether oxygens (including phenoxy) is 2. The number of nitrogens with zero attached hydrogens (tertiary/aromatic N) is 4. The van der Waals surface area contributed by atoms with Gasteiger partial charge in [-0.3, -0.25) is 9.59 Å². The van der Waals surface area contributed by atoms with Gasteiger partial charge in [-0.2, -0.15) is 0 Å². The Bertz CT molecular complexity index is 881. The van der Waals surface area contributed by atoms with Gasteiger partial charge < -0.3 is 29.1 Å². The van der Waals surface area contributed by atoms with Crippen LogP contribution < -0.4 is 0 Å². The van der Waals surface area contributed by atoms with E-state index < -0.39 is 0 Å². The minimum absolute atomic E-state index is 0.0226. The van der Waals surface area contributed by atoms with Gasteiger partial charge in [0.05, 0.1) is 25.3 Å². The van der Waals surface area contributed by atoms with Crippen LogP contribution in [0.5, 0.6) is 0 Å². The largest absolute Gasteiger partial charge is 0.453 e. The van der Waals surface area contributed by atoms with E-state index in [1.807, 2.05) is 35.5 Å². The van der Waals surface area contributed by atoms with Crippen molar-refractivity contribution in [2.45, 2.75) is 96.9 Å². The zero-order chi connectivity index (χ0) is 27.6. The van der Waals surface area contributed by atoms with E-state index in [0.717, 1.165) is 44.9 Å². The molecule has 0 bridgehead atoms. The molecule has 2 saturated carbocycles. The molecule has 4 amide bonds. The van der Waals surface area contributed by atoms with Crippen LogP contribution in [0.3, 0.4) is 0 Å². The molecule has 4 atom stereocenters. The fourth-order valence-electron chi connectivity index (χ4n) is 7.44. The van der Waals surface area contributed by atoms with Gasteiger partial charge in [-0.1, -0.05) is 0 Å². The molecule has 10 heteroatoms. The first-order chi connectivity index (χ1) is 18.1. The molecule has 38 heavy (non-hydrogen) atoms. The molecular weight excluding hydrogens is 488 g/mol. The molecule has 0 N–H and O–H groups in total. The second-order valence-corrected chi connectivity index (χ2v) is 12.0. The van der Waals surface area contributed by atoms with E-state index >= 15 is 0 Å². The summed E-state index contributed by atoms with van der Waals surface area (Å²) in [5.74, 6) is 1.36. The van der Waals surface area contributed by atoms with Crippen molar-refractivity contribution in [3.05, 3.63) is 0 Å². The summed E-state index contributed by atoms with van der Waals surface area (Å²) >= 11 is 0. The van der Waals surface area contributed by atoms with Crippen LogP contribution in [-0.4, -0.2) is 108 Å². The number of hydrogen-bond donors (Lipinski definition) is 0. The Kier molecular flexibility index (Phi) is 9.08. The minimum atomic E-state index is -0.331. The first-order valence-electron chi connectivity index (χ1n) is 14.5. The highest BCUT2D eigenvalue weighted by atomic mass is 16.6. The summed E-state index contributed by atoms with van der Waals surface area (Å²) < 4.78 is 10.4. The first-order valence-corrected chi connectivity index (χ1v) is 14.5. The molecule has 0 aromatic heterocycles. The minimum Gasteiger partial charge on any atom is -0.453 e. The van der Waals surface area contributed by atoms with Crippen LogP contribution in [0.2, 0.25) is 0 Å². The third-order valence-corrected chi connectivity index (χ3v) is 9.26. The maximum absolute atomic E-state index is 13.2. The molecule has 4 fully saturated rings. The Morgan fingerprint density at radius 1 is 0.789 bits per heavy atom. The fourth-order valence-corrected chi connectivity index (χ4v) is 7.44. The highest BCUT2D eigenvalue weighted by molar-refractivity contribution is 5.79. The van der Waals surface area contributed by atoms with Crippen molar-refractivity contribution in [2.24, 2.45) is 17.8 Å². The maximum atomic E-state index is 13.2. The topological polar surface area (TPSA) is 99.7 Å². The van der Waals surface area contributed by atoms with Gasteiger partial charge in [-0.25, -0.2) is 9.59 Å². The lowest BCUT2D eigenvalue weighted by Crippen LogP contribution is -2.67. The molecular formula is C28H46N4O6. The van der Waals surface area contributed by atoms with Gasteiger partial charge in [0.1, 0.15) is 0 Å². The number of rotatable bonds is 3. The summed E-state index contributed by atoms with van der Waals surface area (Å²) in [7, 11) is 1.38. The lowest BCUT2D eigenvalue weighted by Gasteiger charge is -2.54. The summed E-state index contributed by atoms with van der Waals surface area (Å²) in [6.07, 6.45) is 5.85. The number of fused-ring (bicyclic) bond motifs is 1. The lowest BCUT2D eigenvalue weighted by molar-refractivity contribution is -0.143. The second kappa shape index (κ2) is 12.1. The van der Waals surface area contributed by atoms with E-state index in [1.54, 1.807) is 11.8 Å². The SMILES string of the molecule is COC(=O)N1CCN(C(=O)C2CCC(C3CCC4C(C3)N(C(=O)OC(C)C)C[C@H](C)N4C(C)=O)CC2)CC1. The third-order valence-electron chi connectivity index (χ3n) is 9.26. The highest BCUT2D eigenvalue weighted by Gasteiger charge is 2.48. The van der Waals surface area contributed by atoms with E-state index in [2.05, 4.69) is 0 Å². The Labute approximate surface area is 226 Å². The van der Waals surface area contributed by atoms with Crippen LogP contribution in [0.1, 0.15) is 72.6 Å². The van der Waals surface area contributed by atoms with Gasteiger partial charge in [0.25, 0.3) is 0 Å². The molecule has 214 valence electrons. The number of amides is 4. The van der Waals surface area contributed by atoms with Gasteiger partial charge >= 0.3 is 12.2 Å². The van der Waals surface area contributed by atoms with E-state index in [0.29, 0.717) is 44.6 Å². The lowest BCUT2D eigenvalue weighted by atomic mass is 9.68. The molecule has 2 heterocycles. The average molecular weight is 535 g/mol. The summed E-state index contributed by atoms with van der Waals surface area (Å²) in [5, 5.41) is 0. The number of methoxy groups -OCH3 is 1. The Morgan fingerprint density at radius 2 is 1.39 bits per heavy atom. The van der Waals surface area contributed by atoms with Crippen molar-refractivity contribution in [1.29, 1.82) is 0 Å². The molecule has 10 nitrogen and oxygen atoms in total. The average Bonchev–Trinajstić information content (AvgIpc) is 2.91. The summed E-state index contributed by atoms with van der Waals surface area (Å²) in [4.78, 5) is 58.0. The quantitative estimate of drug-likeness (QED) is 0.551. The fraction of sp³-hybridized carbons (Fsp3) is 0.857. The molecule has 0 aromatic rings. The normalized spacial score (nSPS) is 32.1. The van der Waals surface area contributed by atoms with E-state index in [4.69, 9.17) is 9.47 Å². The summed E-state index contributed by atoms with van der Waals surface area (Å²) in [5.41, 5.74) is 0. The van der Waals surface area contributed by atoms with Gasteiger partial charge in [-0.15, -0.1) is 0 Å². The van der Waals surface area contributed by atoms with Crippen LogP contribution in [0, 0.1) is 17.8 Å². The van der Waals surface area contributed by atoms with Gasteiger partial charge in [-0.05, 0) is 77.6 Å². The van der Waals surface area contributed by atoms with Gasteiger partial charge in [0.2, 0.25) is 11.8 Å². The molecule has 0 aromatic carbocycles. The highest BCUT2D eigenvalue weighted by Crippen LogP contribution is 2.44. The van der Waals surface area contributed by atoms with Crippen LogP contribution in [0.15, 0.2) is 0 Å². The third kappa shape index (κ3) is 6.04. The monoisotopic (exact) mass is 534 g/mol. The first kappa shape index (κ1) is 28.5. The number of carbonyl (C=O) groups is 4. The standard InChI is InChI=1S/C28H46N4O6/c1-18(2)38-28(36)31-17-19(3)32(20(4)33)24-11-10-23(16-25(24)31)21-6-8-22(9-7-21)26(34)29-12-14-30(15-13-29)27(35)37-5/h18-19,21-25H,6-17H2,1-5H3/t19-,21?,22?,23?,24?,25?/m0/s1. The number of hydrogen-bond acceptors (Lipinski definition) is 6. The van der Waals surface area contributed by atoms with Crippen LogP contribution >= 0.6 is 0 Å². The van der Waals surface area contributed by atoms with Crippen LogP contribution in [0.25, 0.3) is 0 Å². The summed E-state index contributed by atoms with van der Waals surface area (Å²) in [6, 6.07) is -0.0136. The Morgan fingerprint density at radius 3 is 1.97 bits per heavy atom. The van der Waals surface area contributed by atoms with Gasteiger partial charge in [0, 0.05) is 51.6 Å². The van der Waals surface area contributed by atoms with Crippen molar-refractivity contribution in [3.63, 3.8) is 0 Å². The van der Waals surface area contributed by atoms with Crippen LogP contribution in [-0.2, 0) is 19.1 Å². The smallest absolute Gasteiger partial charge is 0.410 e. The molecule has 2 aliphatic heterocycles. The van der Waals surface area contributed by atoms with Gasteiger partial charge in [0.15, 0.2) is 0 Å². The molecule has 3 unspecified atom stereocenters. The molecule has 2 saturated heterocycles. The van der Waals surface area contributed by atoms with Crippen LogP contribution in [0.4, 0.5) is 9.59 Å². The predicted molar refractivity (Wildman–Crippen MR) is 141 cm³/mol. The van der Waals surface area contributed by atoms with Crippen molar-refractivity contribution in [2.75, 3.05) is 39.8 Å².